The van der Waals surface area contributed by atoms with Crippen LogP contribution in [0.3, 0.4) is 0 Å². The molecule has 1 aliphatic heterocycles. The van der Waals surface area contributed by atoms with Gasteiger partial charge < -0.3 is 9.47 Å². The highest BCUT2D eigenvalue weighted by atomic mass is 16.5. The van der Waals surface area contributed by atoms with Gasteiger partial charge in [0.25, 0.3) is 0 Å². The second kappa shape index (κ2) is 11.2. The number of likely N-dealkylation sites (tertiary alicyclic amines) is 1. The molecule has 2 heterocycles. The second-order valence-corrected chi connectivity index (χ2v) is 8.84. The first-order valence-corrected chi connectivity index (χ1v) is 12.6. The van der Waals surface area contributed by atoms with Crippen molar-refractivity contribution in [2.45, 2.75) is 19.8 Å². The summed E-state index contributed by atoms with van der Waals surface area (Å²) in [5.41, 5.74) is 6.30. The Morgan fingerprint density at radius 2 is 1.34 bits per heavy atom. The summed E-state index contributed by atoms with van der Waals surface area (Å²) in [6, 6.07) is 31.2. The number of rotatable bonds is 9. The van der Waals surface area contributed by atoms with E-state index >= 15 is 0 Å². The lowest BCUT2D eigenvalue weighted by Crippen LogP contribution is -2.25. The van der Waals surface area contributed by atoms with Crippen molar-refractivity contribution in [3.63, 3.8) is 0 Å². The van der Waals surface area contributed by atoms with Gasteiger partial charge in [-0.25, -0.2) is 4.98 Å². The molecule has 5 rings (SSSR count). The third-order valence-electron chi connectivity index (χ3n) is 6.44. The second-order valence-electron chi connectivity index (χ2n) is 8.84. The molecule has 4 aromatic rings. The summed E-state index contributed by atoms with van der Waals surface area (Å²) < 4.78 is 11.7. The fraction of sp³-hybridized carbons (Fsp3) is 0.258. The molecule has 0 saturated carbocycles. The quantitative estimate of drug-likeness (QED) is 0.268. The lowest BCUT2D eigenvalue weighted by molar-refractivity contribution is 0.238. The van der Waals surface area contributed by atoms with Crippen LogP contribution in [-0.4, -0.2) is 42.7 Å². The maximum Gasteiger partial charge on any atom is 0.119 e. The van der Waals surface area contributed by atoms with Crippen molar-refractivity contribution < 1.29 is 9.47 Å². The number of aromatic nitrogens is 1. The number of pyridine rings is 1. The van der Waals surface area contributed by atoms with Crippen LogP contribution in [0, 0.1) is 0 Å². The van der Waals surface area contributed by atoms with E-state index in [0.717, 1.165) is 58.3 Å². The molecule has 1 saturated heterocycles. The first-order valence-electron chi connectivity index (χ1n) is 12.6. The van der Waals surface area contributed by atoms with E-state index < -0.39 is 0 Å². The van der Waals surface area contributed by atoms with Crippen molar-refractivity contribution in [2.75, 3.05) is 32.8 Å². The van der Waals surface area contributed by atoms with Gasteiger partial charge in [-0.3, -0.25) is 4.90 Å². The Labute approximate surface area is 208 Å². The van der Waals surface area contributed by atoms with Gasteiger partial charge in [-0.2, -0.15) is 0 Å². The first-order chi connectivity index (χ1) is 17.3. The van der Waals surface area contributed by atoms with E-state index in [1.165, 1.54) is 25.9 Å². The molecular weight excluding hydrogens is 432 g/mol. The molecule has 4 nitrogen and oxygen atoms in total. The zero-order chi connectivity index (χ0) is 23.9. The molecular formula is C31H32N2O2. The van der Waals surface area contributed by atoms with Crippen LogP contribution in [0.25, 0.3) is 33.6 Å². The molecule has 0 radical (unpaired) electrons. The Bertz CT molecular complexity index is 1220. The highest BCUT2D eigenvalue weighted by Gasteiger charge is 2.13. The largest absolute Gasteiger partial charge is 0.494 e. The summed E-state index contributed by atoms with van der Waals surface area (Å²) in [6.07, 6.45) is 2.61. The third-order valence-corrected chi connectivity index (χ3v) is 6.44. The zero-order valence-electron chi connectivity index (χ0n) is 20.3. The monoisotopic (exact) mass is 464 g/mol. The van der Waals surface area contributed by atoms with Gasteiger partial charge in [-0.05, 0) is 80.9 Å². The number of hydrogen-bond acceptors (Lipinski definition) is 4. The van der Waals surface area contributed by atoms with E-state index in [2.05, 4.69) is 65.6 Å². The van der Waals surface area contributed by atoms with Gasteiger partial charge in [-0.15, -0.1) is 0 Å². The van der Waals surface area contributed by atoms with Gasteiger partial charge >= 0.3 is 0 Å². The van der Waals surface area contributed by atoms with E-state index in [0.29, 0.717) is 6.61 Å². The van der Waals surface area contributed by atoms with E-state index in [1.54, 1.807) is 0 Å². The summed E-state index contributed by atoms with van der Waals surface area (Å²) in [6.45, 7) is 6.76. The van der Waals surface area contributed by atoms with Crippen molar-refractivity contribution in [3.8, 4) is 45.1 Å². The average molecular weight is 465 g/mol. The predicted molar refractivity (Wildman–Crippen MR) is 143 cm³/mol. The van der Waals surface area contributed by atoms with Crippen LogP contribution in [0.5, 0.6) is 11.5 Å². The number of ether oxygens (including phenoxy) is 2. The SMILES string of the molecule is CCOc1ccc(-c2ccc(-c3ccccc3)nc2-c2ccc(OCCN3CCCC3)cc2)cc1. The summed E-state index contributed by atoms with van der Waals surface area (Å²) in [4.78, 5) is 7.58. The Morgan fingerprint density at radius 1 is 0.686 bits per heavy atom. The fourth-order valence-electron chi connectivity index (χ4n) is 4.59. The standard InChI is InChI=1S/C31H32N2O2/c1-2-34-27-14-10-24(11-15-27)29-18-19-30(25-8-4-3-5-9-25)32-31(29)26-12-16-28(17-13-26)35-23-22-33-20-6-7-21-33/h3-5,8-19H,2,6-7,20-23H2,1H3. The van der Waals surface area contributed by atoms with E-state index in [-0.39, 0.29) is 0 Å². The van der Waals surface area contributed by atoms with Crippen LogP contribution in [-0.2, 0) is 0 Å². The van der Waals surface area contributed by atoms with Crippen LogP contribution in [0.2, 0.25) is 0 Å². The fourth-order valence-corrected chi connectivity index (χ4v) is 4.59. The minimum absolute atomic E-state index is 0.657. The van der Waals surface area contributed by atoms with Crippen LogP contribution < -0.4 is 9.47 Å². The van der Waals surface area contributed by atoms with Gasteiger partial charge in [0.15, 0.2) is 0 Å². The van der Waals surface area contributed by atoms with Gasteiger partial charge in [-0.1, -0.05) is 48.5 Å². The Morgan fingerprint density at radius 3 is 2.03 bits per heavy atom. The number of benzene rings is 3. The summed E-state index contributed by atoms with van der Waals surface area (Å²) in [7, 11) is 0. The van der Waals surface area contributed by atoms with Crippen molar-refractivity contribution in [1.82, 2.24) is 9.88 Å². The lowest BCUT2D eigenvalue weighted by Gasteiger charge is -2.15. The molecule has 178 valence electrons. The van der Waals surface area contributed by atoms with E-state index in [9.17, 15) is 0 Å². The molecule has 0 aliphatic carbocycles. The maximum atomic E-state index is 6.03. The summed E-state index contributed by atoms with van der Waals surface area (Å²) in [5, 5.41) is 0. The van der Waals surface area contributed by atoms with Crippen molar-refractivity contribution >= 4 is 0 Å². The zero-order valence-corrected chi connectivity index (χ0v) is 20.3. The Hall–Kier alpha value is -3.63. The van der Waals surface area contributed by atoms with E-state index in [4.69, 9.17) is 14.5 Å². The maximum absolute atomic E-state index is 6.03. The smallest absolute Gasteiger partial charge is 0.119 e. The minimum atomic E-state index is 0.657. The molecule has 0 unspecified atom stereocenters. The molecule has 0 amide bonds. The topological polar surface area (TPSA) is 34.6 Å². The normalized spacial score (nSPS) is 13.6. The van der Waals surface area contributed by atoms with Crippen LogP contribution in [0.4, 0.5) is 0 Å². The number of nitrogens with zero attached hydrogens (tertiary/aromatic N) is 2. The van der Waals surface area contributed by atoms with Crippen LogP contribution >= 0.6 is 0 Å². The minimum Gasteiger partial charge on any atom is -0.494 e. The van der Waals surface area contributed by atoms with Crippen molar-refractivity contribution in [3.05, 3.63) is 91.0 Å². The lowest BCUT2D eigenvalue weighted by atomic mass is 9.97. The van der Waals surface area contributed by atoms with Crippen molar-refractivity contribution in [2.24, 2.45) is 0 Å². The average Bonchev–Trinajstić information content (AvgIpc) is 3.44. The molecule has 1 aromatic heterocycles. The van der Waals surface area contributed by atoms with Gasteiger partial charge in [0.2, 0.25) is 0 Å². The number of hydrogen-bond donors (Lipinski definition) is 0. The Kier molecular flexibility index (Phi) is 7.40. The third kappa shape index (κ3) is 5.72. The molecule has 1 fully saturated rings. The predicted octanol–water partition coefficient (Wildman–Crippen LogP) is 6.96. The van der Waals surface area contributed by atoms with Crippen LogP contribution in [0.15, 0.2) is 91.0 Å². The molecule has 0 N–H and O–H groups in total. The first kappa shape index (κ1) is 23.1. The molecule has 3 aromatic carbocycles. The molecule has 35 heavy (non-hydrogen) atoms. The summed E-state index contributed by atoms with van der Waals surface area (Å²) in [5.74, 6) is 1.77. The van der Waals surface area contributed by atoms with Crippen LogP contribution in [0.1, 0.15) is 19.8 Å². The van der Waals surface area contributed by atoms with E-state index in [1.807, 2.05) is 37.3 Å². The van der Waals surface area contributed by atoms with Crippen molar-refractivity contribution in [1.29, 1.82) is 0 Å². The molecule has 4 heteroatoms. The van der Waals surface area contributed by atoms with Gasteiger partial charge in [0.1, 0.15) is 18.1 Å². The highest BCUT2D eigenvalue weighted by molar-refractivity contribution is 5.83. The highest BCUT2D eigenvalue weighted by Crippen LogP contribution is 2.34. The summed E-state index contributed by atoms with van der Waals surface area (Å²) >= 11 is 0. The molecule has 0 spiro atoms. The Balaban J connectivity index is 1.43. The van der Waals surface area contributed by atoms with Gasteiger partial charge in [0, 0.05) is 23.2 Å². The van der Waals surface area contributed by atoms with Gasteiger partial charge in [0.05, 0.1) is 18.0 Å². The molecule has 1 aliphatic rings. The molecule has 0 bridgehead atoms. The molecule has 0 atom stereocenters.